The van der Waals surface area contributed by atoms with Crippen molar-refractivity contribution in [1.29, 1.82) is 0 Å². The van der Waals surface area contributed by atoms with Gasteiger partial charge in [-0.2, -0.15) is 0 Å². The maximum Gasteiger partial charge on any atom is 0.407 e. The highest BCUT2D eigenvalue weighted by atomic mass is 16.5. The Kier molecular flexibility index (Phi) is 9.67. The summed E-state index contributed by atoms with van der Waals surface area (Å²) < 4.78 is 9.71. The minimum absolute atomic E-state index is 0.0917. The summed E-state index contributed by atoms with van der Waals surface area (Å²) in [6.07, 6.45) is 2.51. The number of methoxy groups -OCH3 is 2. The van der Waals surface area contributed by atoms with Crippen molar-refractivity contribution < 1.29 is 28.7 Å². The molecule has 2 saturated heterocycles. The Hall–Kier alpha value is -6.18. The molecule has 322 valence electrons. The average molecular weight is 839 g/mol. The van der Waals surface area contributed by atoms with Gasteiger partial charge in [-0.1, -0.05) is 71.0 Å². The number of rotatable bonds is 9. The number of alkyl carbamates (subject to hydrolysis) is 2. The molecule has 4 N–H and O–H groups in total. The van der Waals surface area contributed by atoms with Gasteiger partial charge in [-0.15, -0.1) is 0 Å². The summed E-state index contributed by atoms with van der Waals surface area (Å²) in [7, 11) is 2.62. The number of hydrogen-bond acceptors (Lipinski definition) is 8. The van der Waals surface area contributed by atoms with E-state index in [0.717, 1.165) is 92.1 Å². The van der Waals surface area contributed by atoms with E-state index in [1.807, 2.05) is 37.5 Å². The highest BCUT2D eigenvalue weighted by Crippen LogP contribution is 2.58. The molecule has 0 spiro atoms. The molecule has 2 aromatic heterocycles. The smallest absolute Gasteiger partial charge is 0.407 e. The summed E-state index contributed by atoms with van der Waals surface area (Å²) in [5.74, 6) is 2.24. The molecular weight excluding hydrogens is 785 g/mol. The van der Waals surface area contributed by atoms with Crippen LogP contribution in [0.1, 0.15) is 84.0 Å². The second-order valence-electron chi connectivity index (χ2n) is 18.7. The Morgan fingerprint density at radius 3 is 1.77 bits per heavy atom. The highest BCUT2D eigenvalue weighted by molar-refractivity contribution is 6.07. The van der Waals surface area contributed by atoms with E-state index in [0.29, 0.717) is 17.8 Å². The number of fused-ring (bicyclic) bond motifs is 9. The van der Waals surface area contributed by atoms with Crippen LogP contribution in [-0.4, -0.2) is 92.1 Å². The van der Waals surface area contributed by atoms with Crippen LogP contribution in [0.4, 0.5) is 9.59 Å². The van der Waals surface area contributed by atoms with E-state index in [9.17, 15) is 19.2 Å². The van der Waals surface area contributed by atoms with Gasteiger partial charge in [-0.3, -0.25) is 9.59 Å². The molecule has 4 aromatic carbocycles. The van der Waals surface area contributed by atoms with Crippen LogP contribution in [0.5, 0.6) is 0 Å². The molecule has 0 radical (unpaired) electrons. The third-order valence-corrected chi connectivity index (χ3v) is 14.4. The number of nitrogens with one attached hydrogen (secondary N) is 4. The monoisotopic (exact) mass is 838 g/mol. The van der Waals surface area contributed by atoms with Crippen LogP contribution in [-0.2, 0) is 19.1 Å². The molecule has 0 unspecified atom stereocenters. The van der Waals surface area contributed by atoms with E-state index >= 15 is 0 Å². The number of ether oxygens (including phenoxy) is 2. The zero-order valence-corrected chi connectivity index (χ0v) is 36.2. The fourth-order valence-electron chi connectivity index (χ4n) is 11.1. The van der Waals surface area contributed by atoms with Crippen LogP contribution >= 0.6 is 0 Å². The van der Waals surface area contributed by atoms with Crippen molar-refractivity contribution in [2.45, 2.75) is 96.6 Å². The van der Waals surface area contributed by atoms with Gasteiger partial charge in [0.05, 0.1) is 48.4 Å². The van der Waals surface area contributed by atoms with Gasteiger partial charge in [0.15, 0.2) is 0 Å². The first-order valence-electron chi connectivity index (χ1n) is 22.0. The van der Waals surface area contributed by atoms with Crippen LogP contribution in [0.25, 0.3) is 54.7 Å². The molecular formula is C48H54N8O6. The van der Waals surface area contributed by atoms with Crippen LogP contribution in [0, 0.1) is 29.6 Å². The lowest BCUT2D eigenvalue weighted by Crippen LogP contribution is -2.54. The van der Waals surface area contributed by atoms with E-state index in [2.05, 4.69) is 88.2 Å². The maximum absolute atomic E-state index is 14.1. The number of aromatic amines is 2. The van der Waals surface area contributed by atoms with Crippen molar-refractivity contribution in [1.82, 2.24) is 40.4 Å². The average Bonchev–Trinajstić information content (AvgIpc) is 3.98. The Morgan fingerprint density at radius 1 is 0.694 bits per heavy atom. The van der Waals surface area contributed by atoms with Gasteiger partial charge in [-0.05, 0) is 101 Å². The summed E-state index contributed by atoms with van der Waals surface area (Å²) >= 11 is 0. The van der Waals surface area contributed by atoms with Crippen molar-refractivity contribution in [3.63, 3.8) is 0 Å². The summed E-state index contributed by atoms with van der Waals surface area (Å²) in [6.45, 7) is 9.92. The minimum Gasteiger partial charge on any atom is -0.453 e. The lowest BCUT2D eigenvalue weighted by atomic mass is 9.95. The van der Waals surface area contributed by atoms with Crippen molar-refractivity contribution in [3.8, 4) is 11.1 Å². The predicted octanol–water partition coefficient (Wildman–Crippen LogP) is 8.13. The summed E-state index contributed by atoms with van der Waals surface area (Å²) in [6, 6.07) is 19.7. The number of amides is 4. The lowest BCUT2D eigenvalue weighted by molar-refractivity contribution is -0.139. The Labute approximate surface area is 359 Å². The molecule has 4 aliphatic rings. The number of carbonyl (C=O) groups excluding carboxylic acids is 4. The normalized spacial score (nSPS) is 25.0. The molecule has 2 saturated carbocycles. The SMILES string of the molecule is COC(=O)N[C@H](C(=O)N1[C@@H]2CC[C@@H](C2)[C@H]1c1nc2c(ccc3cc(-c4ccc5c(ccc6[nH]c([C@@H]7C[C@H]8[C@@H](C)[C@H]8N7C(=O)[C@@H](NC(=O)OC)C(C)C)nc65)c4)ccc32)[nH]1)C(C)C. The van der Waals surface area contributed by atoms with E-state index in [1.165, 1.54) is 14.2 Å². The number of nitrogens with zero attached hydrogens (tertiary/aromatic N) is 4. The van der Waals surface area contributed by atoms with Gasteiger partial charge in [0.1, 0.15) is 23.7 Å². The number of carbonyl (C=O) groups is 4. The Balaban J connectivity index is 0.929. The third-order valence-electron chi connectivity index (χ3n) is 14.4. The van der Waals surface area contributed by atoms with E-state index < -0.39 is 24.3 Å². The highest BCUT2D eigenvalue weighted by Gasteiger charge is 2.61. The van der Waals surface area contributed by atoms with Gasteiger partial charge in [0, 0.05) is 22.9 Å². The first-order valence-corrected chi connectivity index (χ1v) is 22.0. The predicted molar refractivity (Wildman–Crippen MR) is 236 cm³/mol. The molecule has 9 atom stereocenters. The van der Waals surface area contributed by atoms with E-state index in [4.69, 9.17) is 19.4 Å². The molecule has 2 bridgehead atoms. The van der Waals surface area contributed by atoms with Crippen molar-refractivity contribution in [2.75, 3.05) is 14.2 Å². The molecule has 10 rings (SSSR count). The molecule has 14 heteroatoms. The van der Waals surface area contributed by atoms with Crippen molar-refractivity contribution in [2.24, 2.45) is 29.6 Å². The topological polar surface area (TPSA) is 175 Å². The molecule has 2 aliphatic carbocycles. The molecule has 4 amide bonds. The molecule has 6 aromatic rings. The molecule has 62 heavy (non-hydrogen) atoms. The van der Waals surface area contributed by atoms with E-state index in [1.54, 1.807) is 0 Å². The van der Waals surface area contributed by atoms with Gasteiger partial charge in [-0.25, -0.2) is 19.6 Å². The Morgan fingerprint density at radius 2 is 1.23 bits per heavy atom. The maximum atomic E-state index is 14.1. The first-order chi connectivity index (χ1) is 29.8. The van der Waals surface area contributed by atoms with Gasteiger partial charge in [0.25, 0.3) is 0 Å². The number of H-pyrrole nitrogens is 2. The van der Waals surface area contributed by atoms with Crippen LogP contribution in [0.2, 0.25) is 0 Å². The van der Waals surface area contributed by atoms with E-state index in [-0.39, 0.29) is 47.8 Å². The van der Waals surface area contributed by atoms with Crippen LogP contribution in [0.3, 0.4) is 0 Å². The number of imidazole rings is 2. The number of piperidine rings is 2. The quantitative estimate of drug-likeness (QED) is 0.113. The van der Waals surface area contributed by atoms with Gasteiger partial charge >= 0.3 is 12.2 Å². The van der Waals surface area contributed by atoms with Gasteiger partial charge < -0.3 is 39.9 Å². The second kappa shape index (κ2) is 15.0. The fourth-order valence-corrected chi connectivity index (χ4v) is 11.1. The minimum atomic E-state index is -0.699. The number of hydrogen-bond donors (Lipinski definition) is 4. The third kappa shape index (κ3) is 6.43. The zero-order valence-electron chi connectivity index (χ0n) is 36.2. The number of likely N-dealkylation sites (tertiary alicyclic amines) is 2. The molecule has 4 fully saturated rings. The molecule has 14 nitrogen and oxygen atoms in total. The summed E-state index contributed by atoms with van der Waals surface area (Å²) in [4.78, 5) is 74.1. The Bertz CT molecular complexity index is 2790. The molecule has 4 heterocycles. The van der Waals surface area contributed by atoms with Crippen molar-refractivity contribution >= 4 is 67.6 Å². The molecule has 2 aliphatic heterocycles. The van der Waals surface area contributed by atoms with Crippen LogP contribution in [0.15, 0.2) is 60.7 Å². The lowest BCUT2D eigenvalue weighted by Gasteiger charge is -2.37. The van der Waals surface area contributed by atoms with Gasteiger partial charge in [0.2, 0.25) is 11.8 Å². The largest absolute Gasteiger partial charge is 0.453 e. The fraction of sp³-hybridized carbons (Fsp3) is 0.458. The summed E-state index contributed by atoms with van der Waals surface area (Å²) in [5.41, 5.74) is 5.73. The standard InChI is InChI=1S/C48H54N8O6/c1-22(2)37(53-47(59)61-6)45(57)55-30-13-8-29(20-30)42(55)44-50-35-17-12-28-19-26(10-15-32(28)40(35)52-44)25-9-14-31-27(18-25)11-16-34-39(31)51-43(49-34)36-21-33-24(5)41(33)56(36)46(58)38(23(3)4)54-48(60)62-7/h9-12,14-19,22-24,29-30,33,36-38,41-42H,8,13,20-21H2,1-7H3,(H,49,51)(H,50,52)(H,53,59)(H,54,60)/t24-,29+,30-,33+,36+,37+,38+,41-,42+/m1/s1. The second-order valence-corrected chi connectivity index (χ2v) is 18.7. The number of aromatic nitrogens is 4. The first kappa shape index (κ1) is 39.9. The zero-order chi connectivity index (χ0) is 43.3. The summed E-state index contributed by atoms with van der Waals surface area (Å²) in [5, 5.41) is 9.73. The number of benzene rings is 4. The van der Waals surface area contributed by atoms with Crippen molar-refractivity contribution in [3.05, 3.63) is 72.3 Å². The van der Waals surface area contributed by atoms with Crippen LogP contribution < -0.4 is 10.6 Å².